The second-order valence-corrected chi connectivity index (χ2v) is 30.8. The van der Waals surface area contributed by atoms with Crippen molar-refractivity contribution in [2.75, 3.05) is 0 Å². The molecular weight excluding hydrogens is 289 g/mol. The van der Waals surface area contributed by atoms with Crippen LogP contribution >= 0.6 is 0 Å². The van der Waals surface area contributed by atoms with Crippen LogP contribution in [-0.4, -0.2) is 39.7 Å². The first-order valence-corrected chi connectivity index (χ1v) is 19.6. The Morgan fingerprint density at radius 3 is 0.800 bits per heavy atom. The van der Waals surface area contributed by atoms with Crippen LogP contribution in [0, 0.1) is 0 Å². The minimum absolute atomic E-state index is 0.227. The zero-order chi connectivity index (χ0) is 12.7. The molecule has 90 valence electrons. The molecule has 0 N–H and O–H groups in total. The normalized spacial score (nSPS) is 15.6. The summed E-state index contributed by atoms with van der Waals surface area (Å²) in [4.78, 5) is 0. The standard InChI is InChI=1S/C11H30GeSi3/c1-12-11(13(2,3)4,14(5,6)7)15(8,9)10/h1-10H3. The van der Waals surface area contributed by atoms with Gasteiger partial charge in [0, 0.05) is 0 Å². The van der Waals surface area contributed by atoms with Crippen molar-refractivity contribution >= 4 is 39.7 Å². The van der Waals surface area contributed by atoms with E-state index in [2.05, 4.69) is 64.7 Å². The van der Waals surface area contributed by atoms with Crippen molar-refractivity contribution in [2.45, 2.75) is 67.8 Å². The molecular formula is C11H30GeSi3. The average molecular weight is 319 g/mol. The molecule has 0 aromatic rings. The Kier molecular flexibility index (Phi) is 4.82. The molecule has 0 amide bonds. The third-order valence-electron chi connectivity index (χ3n) is 3.75. The molecule has 0 heterocycles. The molecule has 0 aliphatic carbocycles. The van der Waals surface area contributed by atoms with E-state index < -0.39 is 24.2 Å². The van der Waals surface area contributed by atoms with Crippen molar-refractivity contribution in [3.8, 4) is 0 Å². The number of hydrogen-bond donors (Lipinski definition) is 0. The predicted octanol–water partition coefficient (Wildman–Crippen LogP) is 4.53. The first-order valence-electron chi connectivity index (χ1n) is 6.00. The van der Waals surface area contributed by atoms with Gasteiger partial charge in [-0.2, -0.15) is 0 Å². The van der Waals surface area contributed by atoms with Crippen molar-refractivity contribution in [3.05, 3.63) is 0 Å². The van der Waals surface area contributed by atoms with Crippen molar-refractivity contribution in [3.63, 3.8) is 0 Å². The maximum atomic E-state index is 2.64. The summed E-state index contributed by atoms with van der Waals surface area (Å²) in [6.07, 6.45) is 0. The molecule has 0 spiro atoms. The summed E-state index contributed by atoms with van der Waals surface area (Å²) in [5.74, 6) is 2.58. The third kappa shape index (κ3) is 2.72. The molecule has 0 rings (SSSR count). The van der Waals surface area contributed by atoms with Gasteiger partial charge in [0.2, 0.25) is 0 Å². The Hall–Kier alpha value is 1.19. The zero-order valence-electron chi connectivity index (χ0n) is 12.5. The van der Waals surface area contributed by atoms with E-state index in [9.17, 15) is 0 Å². The number of rotatable bonds is 4. The summed E-state index contributed by atoms with van der Waals surface area (Å²) in [5, 5.41) is 0. The van der Waals surface area contributed by atoms with Gasteiger partial charge in [-0.05, 0) is 0 Å². The minimum atomic E-state index is -1.03. The molecule has 0 fully saturated rings. The molecule has 0 unspecified atom stereocenters. The van der Waals surface area contributed by atoms with E-state index in [0.29, 0.717) is 0 Å². The summed E-state index contributed by atoms with van der Waals surface area (Å²) in [7, 11) is -3.09. The Bertz CT molecular complexity index is 181. The van der Waals surface area contributed by atoms with Gasteiger partial charge < -0.3 is 0 Å². The van der Waals surface area contributed by atoms with Gasteiger partial charge in [-0.3, -0.25) is 0 Å². The van der Waals surface area contributed by atoms with Crippen LogP contribution in [0.1, 0.15) is 0 Å². The van der Waals surface area contributed by atoms with Crippen LogP contribution in [0.3, 0.4) is 0 Å². The average Bonchev–Trinajstić information content (AvgIpc) is 1.76. The van der Waals surface area contributed by atoms with Gasteiger partial charge in [0.15, 0.2) is 0 Å². The van der Waals surface area contributed by atoms with E-state index in [1.165, 1.54) is 0 Å². The third-order valence-corrected chi connectivity index (χ3v) is 43.6. The van der Waals surface area contributed by atoms with Crippen LogP contribution in [0.4, 0.5) is 0 Å². The van der Waals surface area contributed by atoms with Crippen LogP contribution in [0.2, 0.25) is 67.8 Å². The molecule has 0 aromatic heterocycles. The molecule has 0 aromatic carbocycles. The van der Waals surface area contributed by atoms with Crippen molar-refractivity contribution in [2.24, 2.45) is 0 Å². The maximum absolute atomic E-state index is 2.64. The molecule has 15 heavy (non-hydrogen) atoms. The Morgan fingerprint density at radius 2 is 0.800 bits per heavy atom. The Morgan fingerprint density at radius 1 is 0.600 bits per heavy atom. The van der Waals surface area contributed by atoms with Crippen molar-refractivity contribution in [1.82, 2.24) is 0 Å². The van der Waals surface area contributed by atoms with Crippen LogP contribution in [0.15, 0.2) is 0 Å². The fraction of sp³-hybridized carbons (Fsp3) is 1.00. The Balaban J connectivity index is 5.78. The SMILES string of the molecule is [CH3][Ge][C]([Si](C)(C)C)([Si](C)(C)C)[Si](C)(C)C. The zero-order valence-corrected chi connectivity index (χ0v) is 17.6. The van der Waals surface area contributed by atoms with E-state index in [0.717, 1.165) is 3.12 Å². The summed E-state index contributed by atoms with van der Waals surface area (Å²) >= 11 is 0.227. The van der Waals surface area contributed by atoms with Gasteiger partial charge in [-0.1, -0.05) is 0 Å². The summed E-state index contributed by atoms with van der Waals surface area (Å²) < 4.78 is 0.896. The van der Waals surface area contributed by atoms with Crippen molar-refractivity contribution < 1.29 is 0 Å². The van der Waals surface area contributed by atoms with E-state index in [4.69, 9.17) is 0 Å². The topological polar surface area (TPSA) is 0 Å². The molecule has 0 bridgehead atoms. The van der Waals surface area contributed by atoms with Gasteiger partial charge in [-0.15, -0.1) is 0 Å². The van der Waals surface area contributed by atoms with Gasteiger partial charge in [0.25, 0.3) is 0 Å². The van der Waals surface area contributed by atoms with E-state index in [1.54, 1.807) is 0 Å². The Labute approximate surface area is 107 Å². The fourth-order valence-corrected chi connectivity index (χ4v) is 47.9. The van der Waals surface area contributed by atoms with Gasteiger partial charge >= 0.3 is 107 Å². The predicted molar refractivity (Wildman–Crippen MR) is 84.3 cm³/mol. The van der Waals surface area contributed by atoms with Gasteiger partial charge in [0.05, 0.1) is 0 Å². The molecule has 2 radical (unpaired) electrons. The monoisotopic (exact) mass is 320 g/mol. The first kappa shape index (κ1) is 16.2. The molecule has 0 aliphatic heterocycles. The molecule has 0 nitrogen and oxygen atoms in total. The second-order valence-electron chi connectivity index (χ2n) is 7.75. The summed E-state index contributed by atoms with van der Waals surface area (Å²) in [5.41, 5.74) is 0. The second kappa shape index (κ2) is 4.46. The summed E-state index contributed by atoms with van der Waals surface area (Å²) in [6, 6.07) is 0. The molecule has 0 aliphatic rings. The van der Waals surface area contributed by atoms with Crippen LogP contribution in [-0.2, 0) is 0 Å². The van der Waals surface area contributed by atoms with Crippen LogP contribution in [0.25, 0.3) is 0 Å². The molecule has 0 atom stereocenters. The van der Waals surface area contributed by atoms with E-state index in [-0.39, 0.29) is 15.4 Å². The van der Waals surface area contributed by atoms with Gasteiger partial charge in [-0.25, -0.2) is 0 Å². The van der Waals surface area contributed by atoms with Gasteiger partial charge in [0.1, 0.15) is 0 Å². The molecule has 0 saturated heterocycles. The van der Waals surface area contributed by atoms with Crippen molar-refractivity contribution in [1.29, 1.82) is 0 Å². The molecule has 4 heteroatoms. The quantitative estimate of drug-likeness (QED) is 0.668. The molecule has 0 saturated carbocycles. The van der Waals surface area contributed by atoms with Crippen LogP contribution < -0.4 is 0 Å². The van der Waals surface area contributed by atoms with E-state index in [1.807, 2.05) is 0 Å². The van der Waals surface area contributed by atoms with E-state index >= 15 is 0 Å². The first-order chi connectivity index (χ1) is 6.31. The summed E-state index contributed by atoms with van der Waals surface area (Å²) in [6.45, 7) is 23.7. The van der Waals surface area contributed by atoms with Crippen LogP contribution in [0.5, 0.6) is 0 Å². The number of hydrogen-bond acceptors (Lipinski definition) is 0. The fourth-order valence-electron chi connectivity index (χ4n) is 4.50.